The molecule has 0 fully saturated rings. The van der Waals surface area contributed by atoms with E-state index >= 15 is 0 Å². The van der Waals surface area contributed by atoms with Crippen molar-refractivity contribution in [2.75, 3.05) is 0 Å². The maximum absolute atomic E-state index is 8.19. The molecule has 0 saturated heterocycles. The quantitative estimate of drug-likeness (QED) is 0.213. The molecule has 4 nitrogen and oxygen atoms in total. The molecule has 42 heavy (non-hydrogen) atoms. The molecule has 12 heteroatoms. The van der Waals surface area contributed by atoms with Crippen molar-refractivity contribution in [2.24, 2.45) is 0 Å². The number of hydrogen-bond acceptors (Lipinski definition) is 4. The van der Waals surface area contributed by atoms with Crippen LogP contribution in [0.5, 0.6) is 0 Å². The first-order valence-electron chi connectivity index (χ1n) is 13.1. The number of rotatable bonds is 2. The zero-order valence-corrected chi connectivity index (χ0v) is 34.7. The van der Waals surface area contributed by atoms with Crippen molar-refractivity contribution in [3.8, 4) is 0 Å². The van der Waals surface area contributed by atoms with E-state index in [0.717, 1.165) is 10.9 Å². The molecule has 0 aromatic heterocycles. The fourth-order valence-electron chi connectivity index (χ4n) is 1.53. The van der Waals surface area contributed by atoms with Crippen molar-refractivity contribution >= 4 is 57.0 Å². The van der Waals surface area contributed by atoms with E-state index in [1.807, 2.05) is 99.9 Å². The molecule has 3 aromatic carbocycles. The van der Waals surface area contributed by atoms with E-state index in [9.17, 15) is 0 Å². The van der Waals surface area contributed by atoms with E-state index in [4.69, 9.17) is 14.4 Å². The summed E-state index contributed by atoms with van der Waals surface area (Å²) in [5, 5.41) is 1.52. The van der Waals surface area contributed by atoms with Gasteiger partial charge in [0.1, 0.15) is 0 Å². The SMILES string of the molecule is Brc1ccccc1.C[Si-](C)c1ccccc1.C[SiH](C)O.C[SiH](C)O.C[SiH](C)O.[CH2-]CCC.[Li+].[Li+].[Li+].[OH-].[c-]1ccccc1. The summed E-state index contributed by atoms with van der Waals surface area (Å²) >= 11 is 3.31. The topological polar surface area (TPSA) is 90.7 Å². The second-order valence-electron chi connectivity index (χ2n) is 8.87. The van der Waals surface area contributed by atoms with E-state index in [0.29, 0.717) is 0 Å². The van der Waals surface area contributed by atoms with Crippen LogP contribution in [0.25, 0.3) is 0 Å². The van der Waals surface area contributed by atoms with Gasteiger partial charge in [-0.2, -0.15) is 61.1 Å². The fraction of sp³-hybridized carbons (Fsp3) is 0.367. The van der Waals surface area contributed by atoms with Crippen molar-refractivity contribution in [1.82, 2.24) is 0 Å². The van der Waals surface area contributed by atoms with Crippen molar-refractivity contribution in [3.05, 3.63) is 108 Å². The molecule has 0 aliphatic carbocycles. The molecule has 3 rings (SSSR count). The summed E-state index contributed by atoms with van der Waals surface area (Å²) in [6.07, 6.45) is 2.28. The van der Waals surface area contributed by atoms with E-state index in [2.05, 4.69) is 79.3 Å². The molecule has 0 atom stereocenters. The van der Waals surface area contributed by atoms with Crippen LogP contribution in [0.3, 0.4) is 0 Å². The Bertz CT molecular complexity index is 732. The predicted octanol–water partition coefficient (Wildman–Crippen LogP) is -2.07. The van der Waals surface area contributed by atoms with Crippen molar-refractivity contribution in [2.45, 2.75) is 72.1 Å². The predicted molar refractivity (Wildman–Crippen MR) is 188 cm³/mol. The third-order valence-corrected chi connectivity index (χ3v) is 5.06. The Labute approximate surface area is 311 Å². The Morgan fingerprint density at radius 2 is 0.929 bits per heavy atom. The third-order valence-electron chi connectivity index (χ3n) is 3.04. The van der Waals surface area contributed by atoms with Gasteiger partial charge in [-0.05, 0) is 51.4 Å². The molecule has 0 aliphatic heterocycles. The summed E-state index contributed by atoms with van der Waals surface area (Å²) < 4.78 is 1.13. The van der Waals surface area contributed by atoms with Gasteiger partial charge in [0.05, 0.1) is 0 Å². The Morgan fingerprint density at radius 3 is 1.05 bits per heavy atom. The van der Waals surface area contributed by atoms with Crippen LogP contribution in [0.2, 0.25) is 52.4 Å². The van der Waals surface area contributed by atoms with Gasteiger partial charge in [0, 0.05) is 4.47 Å². The average molecular weight is 693 g/mol. The molecular weight excluding hydrogens is 637 g/mol. The van der Waals surface area contributed by atoms with Gasteiger partial charge in [-0.3, -0.25) is 8.80 Å². The zero-order chi connectivity index (χ0) is 30.2. The van der Waals surface area contributed by atoms with Crippen LogP contribution < -0.4 is 61.8 Å². The second kappa shape index (κ2) is 51.2. The Morgan fingerprint density at radius 1 is 0.667 bits per heavy atom. The summed E-state index contributed by atoms with van der Waals surface area (Å²) in [6, 6.07) is 33.1. The molecule has 226 valence electrons. The number of halogens is 1. The maximum Gasteiger partial charge on any atom is 1.00 e. The number of hydrogen-bond donors (Lipinski definition) is 3. The summed E-state index contributed by atoms with van der Waals surface area (Å²) in [5.74, 6) is 0. The van der Waals surface area contributed by atoms with Crippen LogP contribution in [0.15, 0.2) is 95.5 Å². The summed E-state index contributed by atoms with van der Waals surface area (Å²) in [6.45, 7) is 21.5. The van der Waals surface area contributed by atoms with Crippen molar-refractivity contribution in [3.63, 3.8) is 0 Å². The summed E-state index contributed by atoms with van der Waals surface area (Å²) in [4.78, 5) is 24.6. The molecule has 0 heterocycles. The molecule has 4 N–H and O–H groups in total. The zero-order valence-electron chi connectivity index (χ0n) is 28.7. The molecule has 3 aromatic rings. The maximum atomic E-state index is 8.19. The van der Waals surface area contributed by atoms with Crippen molar-refractivity contribution in [1.29, 1.82) is 0 Å². The molecule has 0 saturated carbocycles. The molecule has 0 radical (unpaired) electrons. The number of unbranched alkanes of at least 4 members (excludes halogenated alkanes) is 1. The van der Waals surface area contributed by atoms with Crippen LogP contribution in [0.1, 0.15) is 19.8 Å². The smallest absolute Gasteiger partial charge is 0.870 e. The minimum atomic E-state index is -1.14. The molecule has 0 aliphatic rings. The standard InChI is InChI=1S/C8H11Si.C6H5Br.C6H5.C4H9.3C2H8OSi.3Li.H2O/c1-9(2)8-6-4-3-5-7-8;7-6-4-2-1-3-5-6;1-2-4-6-5-3-1;1-3-4-2;3*1-4(2)3;;;;/h3-7H,1-2H3;1-5H;1-5H;1,3-4H2,2H3;3*3-4H,1-2H3;;;;1H2/q-1;;2*-1;;;;3*+1;/p-1. The monoisotopic (exact) mass is 691 g/mol. The van der Waals surface area contributed by atoms with Gasteiger partial charge in [0.2, 0.25) is 0 Å². The average Bonchev–Trinajstić information content (AvgIpc) is 2.86. The molecule has 0 unspecified atom stereocenters. The van der Waals surface area contributed by atoms with Gasteiger partial charge < -0.3 is 26.8 Å². The minimum Gasteiger partial charge on any atom is -0.870 e. The molecule has 0 spiro atoms. The van der Waals surface area contributed by atoms with Gasteiger partial charge in [-0.25, -0.2) is 0 Å². The van der Waals surface area contributed by atoms with Crippen LogP contribution >= 0.6 is 15.9 Å². The largest absolute Gasteiger partial charge is 1.00 e. The first-order valence-corrected chi connectivity index (χ1v) is 24.9. The molecule has 0 amide bonds. The minimum absolute atomic E-state index is 0. The Kier molecular flexibility index (Phi) is 75.2. The van der Waals surface area contributed by atoms with Crippen molar-refractivity contribution < 1.29 is 76.4 Å². The first-order chi connectivity index (χ1) is 17.8. The van der Waals surface area contributed by atoms with Crippen LogP contribution in [0, 0.1) is 13.0 Å². The normalized spacial score (nSPS) is 7.83. The van der Waals surface area contributed by atoms with Crippen LogP contribution in [0.4, 0.5) is 0 Å². The van der Waals surface area contributed by atoms with Gasteiger partial charge in [-0.1, -0.05) is 77.8 Å². The fourth-order valence-corrected chi connectivity index (χ4v) is 2.69. The number of benzene rings is 3. The molecule has 0 bridgehead atoms. The molecular formula is C30H55BrLi3O4Si4-. The van der Waals surface area contributed by atoms with E-state index in [1.165, 1.54) is 11.6 Å². The van der Waals surface area contributed by atoms with Gasteiger partial charge in [0.15, 0.2) is 27.1 Å². The third kappa shape index (κ3) is 83.6. The Balaban J connectivity index is -0.0000000541. The van der Waals surface area contributed by atoms with Gasteiger partial charge >= 0.3 is 56.6 Å². The van der Waals surface area contributed by atoms with Gasteiger partial charge in [0.25, 0.3) is 0 Å². The summed E-state index contributed by atoms with van der Waals surface area (Å²) in [7, 11) is -3.63. The Hall–Kier alpha value is 0.640. The van der Waals surface area contributed by atoms with E-state index in [-0.39, 0.29) is 70.9 Å². The van der Waals surface area contributed by atoms with Crippen LogP contribution in [-0.2, 0) is 0 Å². The van der Waals surface area contributed by atoms with Crippen LogP contribution in [-0.4, -0.2) is 55.8 Å². The van der Waals surface area contributed by atoms with Gasteiger partial charge in [-0.15, -0.1) is 0 Å². The summed E-state index contributed by atoms with van der Waals surface area (Å²) in [5.41, 5.74) is 0. The first kappa shape index (κ1) is 61.6. The second-order valence-corrected chi connectivity index (χ2v) is 18.9. The van der Waals surface area contributed by atoms with E-state index < -0.39 is 27.1 Å². The van der Waals surface area contributed by atoms with E-state index in [1.54, 1.807) is 0 Å².